The van der Waals surface area contributed by atoms with Crippen LogP contribution in [0.15, 0.2) is 29.2 Å². The highest BCUT2D eigenvalue weighted by atomic mass is 32.2. The molecule has 0 aliphatic carbocycles. The van der Waals surface area contributed by atoms with Gasteiger partial charge in [0.25, 0.3) is 0 Å². The zero-order valence-corrected chi connectivity index (χ0v) is 9.94. The number of rotatable bonds is 3. The Kier molecular flexibility index (Phi) is 3.23. The summed E-state index contributed by atoms with van der Waals surface area (Å²) in [4.78, 5) is 5.40. The predicted molar refractivity (Wildman–Crippen MR) is 66.2 cm³/mol. The lowest BCUT2D eigenvalue weighted by molar-refractivity contribution is 1.31. The number of benzene rings is 1. The largest absolute Gasteiger partial charge is 0.374 e. The molecule has 0 aliphatic heterocycles. The van der Waals surface area contributed by atoms with Gasteiger partial charge >= 0.3 is 0 Å². The molecule has 2 rings (SSSR count). The maximum atomic E-state index is 5.53. The molecule has 1 aromatic heterocycles. The van der Waals surface area contributed by atoms with E-state index >= 15 is 0 Å². The van der Waals surface area contributed by atoms with Crippen LogP contribution in [-0.2, 0) is 0 Å². The molecule has 0 saturated carbocycles. The van der Waals surface area contributed by atoms with E-state index in [4.69, 9.17) is 5.73 Å². The molecule has 0 unspecified atom stereocenters. The van der Waals surface area contributed by atoms with Gasteiger partial charge in [0.2, 0.25) is 0 Å². The Labute approximate surface area is 96.9 Å². The van der Waals surface area contributed by atoms with Gasteiger partial charge in [-0.1, -0.05) is 19.1 Å². The minimum atomic E-state index is 0.511. The molecule has 2 N–H and O–H groups in total. The lowest BCUT2D eigenvalue weighted by Crippen LogP contribution is -1.83. The molecular weight excluding hydrogens is 226 g/mol. The van der Waals surface area contributed by atoms with Crippen molar-refractivity contribution in [2.24, 2.45) is 0 Å². The number of hydrogen-bond acceptors (Lipinski definition) is 5. The highest BCUT2D eigenvalue weighted by Gasteiger charge is 2.03. The van der Waals surface area contributed by atoms with Crippen molar-refractivity contribution >= 4 is 28.4 Å². The Bertz CT molecular complexity index is 436. The molecule has 78 valence electrons. The minimum absolute atomic E-state index is 0.511. The first-order chi connectivity index (χ1) is 7.29. The Balaban J connectivity index is 2.23. The number of hydrogen-bond donors (Lipinski definition) is 1. The average Bonchev–Trinajstić information content (AvgIpc) is 2.67. The maximum absolute atomic E-state index is 5.53. The van der Waals surface area contributed by atoms with Gasteiger partial charge < -0.3 is 5.73 Å². The van der Waals surface area contributed by atoms with E-state index in [9.17, 15) is 0 Å². The number of nitrogens with two attached hydrogens (primary N) is 1. The molecule has 1 aromatic carbocycles. The molecule has 1 heterocycles. The molecule has 0 bridgehead atoms. The Morgan fingerprint density at radius 2 is 2.07 bits per heavy atom. The SMILES string of the molecule is CCSc1ccc(-c2nsc(N)n2)cc1. The van der Waals surface area contributed by atoms with Crippen LogP contribution in [0.25, 0.3) is 11.4 Å². The lowest BCUT2D eigenvalue weighted by atomic mass is 10.2. The van der Waals surface area contributed by atoms with Gasteiger partial charge in [-0.2, -0.15) is 9.36 Å². The molecular formula is C10H11N3S2. The van der Waals surface area contributed by atoms with Crippen molar-refractivity contribution in [1.29, 1.82) is 0 Å². The van der Waals surface area contributed by atoms with E-state index in [0.717, 1.165) is 11.3 Å². The van der Waals surface area contributed by atoms with Crippen molar-refractivity contribution in [2.45, 2.75) is 11.8 Å². The molecule has 15 heavy (non-hydrogen) atoms. The van der Waals surface area contributed by atoms with E-state index in [2.05, 4.69) is 28.4 Å². The topological polar surface area (TPSA) is 51.8 Å². The van der Waals surface area contributed by atoms with Crippen LogP contribution in [0.3, 0.4) is 0 Å². The Hall–Kier alpha value is -1.07. The van der Waals surface area contributed by atoms with E-state index in [1.807, 2.05) is 23.9 Å². The quantitative estimate of drug-likeness (QED) is 0.834. The maximum Gasteiger partial charge on any atom is 0.200 e. The van der Waals surface area contributed by atoms with Crippen LogP contribution in [0.1, 0.15) is 6.92 Å². The first-order valence-corrected chi connectivity index (χ1v) is 6.38. The summed E-state index contributed by atoms with van der Waals surface area (Å²) >= 11 is 3.05. The summed E-state index contributed by atoms with van der Waals surface area (Å²) in [5.41, 5.74) is 6.55. The van der Waals surface area contributed by atoms with Gasteiger partial charge in [0, 0.05) is 22.0 Å². The monoisotopic (exact) mass is 237 g/mol. The van der Waals surface area contributed by atoms with Gasteiger partial charge in [-0.15, -0.1) is 11.8 Å². The van der Waals surface area contributed by atoms with Crippen LogP contribution in [-0.4, -0.2) is 15.1 Å². The molecule has 3 nitrogen and oxygen atoms in total. The van der Waals surface area contributed by atoms with E-state index < -0.39 is 0 Å². The van der Waals surface area contributed by atoms with Crippen LogP contribution < -0.4 is 5.73 Å². The van der Waals surface area contributed by atoms with Crippen molar-refractivity contribution in [3.63, 3.8) is 0 Å². The van der Waals surface area contributed by atoms with Crippen LogP contribution in [0, 0.1) is 0 Å². The molecule has 0 amide bonds. The van der Waals surface area contributed by atoms with Gasteiger partial charge in [-0.3, -0.25) is 0 Å². The van der Waals surface area contributed by atoms with Gasteiger partial charge in [0.05, 0.1) is 0 Å². The molecule has 0 atom stereocenters. The van der Waals surface area contributed by atoms with Crippen molar-refractivity contribution in [3.05, 3.63) is 24.3 Å². The third-order valence-electron chi connectivity index (χ3n) is 1.87. The summed E-state index contributed by atoms with van der Waals surface area (Å²) in [6.07, 6.45) is 0. The van der Waals surface area contributed by atoms with Gasteiger partial charge in [0.1, 0.15) is 0 Å². The number of anilines is 1. The lowest BCUT2D eigenvalue weighted by Gasteiger charge is -1.99. The first kappa shape index (κ1) is 10.4. The zero-order valence-electron chi connectivity index (χ0n) is 8.30. The molecule has 0 spiro atoms. The van der Waals surface area contributed by atoms with Crippen LogP contribution in [0.2, 0.25) is 0 Å². The minimum Gasteiger partial charge on any atom is -0.374 e. The highest BCUT2D eigenvalue weighted by molar-refractivity contribution is 7.99. The normalized spacial score (nSPS) is 10.5. The van der Waals surface area contributed by atoms with E-state index in [1.165, 1.54) is 16.4 Å². The highest BCUT2D eigenvalue weighted by Crippen LogP contribution is 2.23. The summed E-state index contributed by atoms with van der Waals surface area (Å²) in [6.45, 7) is 2.14. The summed E-state index contributed by atoms with van der Waals surface area (Å²) in [6, 6.07) is 8.22. The fourth-order valence-electron chi connectivity index (χ4n) is 1.22. The second-order valence-corrected chi connectivity index (χ2v) is 5.03. The molecule has 0 saturated heterocycles. The fraction of sp³-hybridized carbons (Fsp3) is 0.200. The zero-order chi connectivity index (χ0) is 10.7. The Morgan fingerprint density at radius 3 is 2.60 bits per heavy atom. The molecule has 5 heteroatoms. The van der Waals surface area contributed by atoms with Gasteiger partial charge in [0.15, 0.2) is 11.0 Å². The number of nitrogens with zero attached hydrogens (tertiary/aromatic N) is 2. The number of aromatic nitrogens is 2. The summed E-state index contributed by atoms with van der Waals surface area (Å²) in [5.74, 6) is 1.80. The molecule has 0 radical (unpaired) electrons. The van der Waals surface area contributed by atoms with Crippen molar-refractivity contribution in [3.8, 4) is 11.4 Å². The van der Waals surface area contributed by atoms with Crippen LogP contribution in [0.5, 0.6) is 0 Å². The smallest absolute Gasteiger partial charge is 0.200 e. The van der Waals surface area contributed by atoms with E-state index in [0.29, 0.717) is 11.0 Å². The number of thioether (sulfide) groups is 1. The first-order valence-electron chi connectivity index (χ1n) is 4.62. The summed E-state index contributed by atoms with van der Waals surface area (Å²) in [7, 11) is 0. The van der Waals surface area contributed by atoms with Crippen LogP contribution in [0.4, 0.5) is 5.13 Å². The third-order valence-corrected chi connectivity index (χ3v) is 3.30. The van der Waals surface area contributed by atoms with Crippen LogP contribution >= 0.6 is 23.3 Å². The second kappa shape index (κ2) is 4.63. The number of nitrogen functional groups attached to an aromatic ring is 1. The van der Waals surface area contributed by atoms with Crippen molar-refractivity contribution in [1.82, 2.24) is 9.36 Å². The fourth-order valence-corrected chi connectivity index (χ4v) is 2.33. The van der Waals surface area contributed by atoms with Crippen molar-refractivity contribution < 1.29 is 0 Å². The van der Waals surface area contributed by atoms with Gasteiger partial charge in [-0.05, 0) is 17.9 Å². The average molecular weight is 237 g/mol. The standard InChI is InChI=1S/C10H11N3S2/c1-2-14-8-5-3-7(4-6-8)9-12-10(11)15-13-9/h3-6H,2H2,1H3,(H2,11,12,13). The predicted octanol–water partition coefficient (Wildman–Crippen LogP) is 2.90. The van der Waals surface area contributed by atoms with Crippen molar-refractivity contribution in [2.75, 3.05) is 11.5 Å². The molecule has 2 aromatic rings. The molecule has 0 aliphatic rings. The second-order valence-electron chi connectivity index (χ2n) is 2.91. The summed E-state index contributed by atoms with van der Waals surface area (Å²) in [5, 5.41) is 0.511. The van der Waals surface area contributed by atoms with E-state index in [1.54, 1.807) is 0 Å². The Morgan fingerprint density at radius 1 is 1.33 bits per heavy atom. The van der Waals surface area contributed by atoms with E-state index in [-0.39, 0.29) is 0 Å². The molecule has 0 fully saturated rings. The van der Waals surface area contributed by atoms with Gasteiger partial charge in [-0.25, -0.2) is 0 Å². The third kappa shape index (κ3) is 2.49. The summed E-state index contributed by atoms with van der Waals surface area (Å²) < 4.78 is 4.16.